The summed E-state index contributed by atoms with van der Waals surface area (Å²) in [6.07, 6.45) is 3.97. The number of benzene rings is 1. The van der Waals surface area contributed by atoms with Gasteiger partial charge in [0, 0.05) is 18.3 Å². The van der Waals surface area contributed by atoms with Crippen LogP contribution in [0.1, 0.15) is 32.3 Å². The van der Waals surface area contributed by atoms with Gasteiger partial charge in [-0.05, 0) is 36.1 Å². The zero-order chi connectivity index (χ0) is 13.1. The van der Waals surface area contributed by atoms with Crippen LogP contribution in [0.2, 0.25) is 0 Å². The first-order chi connectivity index (χ1) is 8.63. The Morgan fingerprint density at radius 2 is 2.00 bits per heavy atom. The quantitative estimate of drug-likeness (QED) is 0.820. The van der Waals surface area contributed by atoms with Gasteiger partial charge in [-0.25, -0.2) is 0 Å². The van der Waals surface area contributed by atoms with Crippen molar-refractivity contribution in [2.75, 3.05) is 7.11 Å². The van der Waals surface area contributed by atoms with Gasteiger partial charge < -0.3 is 4.74 Å². The van der Waals surface area contributed by atoms with Crippen LogP contribution in [0.4, 0.5) is 0 Å². The Bertz CT molecular complexity index is 529. The first kappa shape index (κ1) is 12.7. The highest BCUT2D eigenvalue weighted by Crippen LogP contribution is 2.29. The summed E-state index contributed by atoms with van der Waals surface area (Å²) in [5.41, 5.74) is 3.59. The third-order valence-electron chi connectivity index (χ3n) is 3.12. The maximum Gasteiger partial charge on any atom is 0.119 e. The molecule has 0 unspecified atom stereocenters. The topological polar surface area (TPSA) is 27.1 Å². The highest BCUT2D eigenvalue weighted by molar-refractivity contribution is 5.65. The van der Waals surface area contributed by atoms with Crippen LogP contribution in [0, 0.1) is 0 Å². The number of methoxy groups -OCH3 is 1. The van der Waals surface area contributed by atoms with Crippen molar-refractivity contribution >= 4 is 0 Å². The Labute approximate surface area is 108 Å². The van der Waals surface area contributed by atoms with Gasteiger partial charge in [-0.2, -0.15) is 5.10 Å². The molecule has 0 fully saturated rings. The van der Waals surface area contributed by atoms with Crippen molar-refractivity contribution in [1.29, 1.82) is 0 Å². The van der Waals surface area contributed by atoms with Crippen LogP contribution in [0.25, 0.3) is 11.1 Å². The molecule has 0 N–H and O–H groups in total. The van der Waals surface area contributed by atoms with E-state index < -0.39 is 0 Å². The molecule has 1 aromatic heterocycles. The van der Waals surface area contributed by atoms with E-state index in [4.69, 9.17) is 4.74 Å². The third-order valence-corrected chi connectivity index (χ3v) is 3.12. The Morgan fingerprint density at radius 1 is 1.22 bits per heavy atom. The highest BCUT2D eigenvalue weighted by Gasteiger charge is 2.08. The second kappa shape index (κ2) is 5.25. The lowest BCUT2D eigenvalue weighted by Gasteiger charge is -2.10. The van der Waals surface area contributed by atoms with E-state index in [9.17, 15) is 0 Å². The Morgan fingerprint density at radius 3 is 2.56 bits per heavy atom. The predicted octanol–water partition coefficient (Wildman–Crippen LogP) is 3.70. The third kappa shape index (κ3) is 2.55. The first-order valence-corrected chi connectivity index (χ1v) is 6.35. The zero-order valence-electron chi connectivity index (χ0n) is 11.5. The molecule has 1 aromatic carbocycles. The zero-order valence-corrected chi connectivity index (χ0v) is 11.5. The maximum absolute atomic E-state index is 5.37. The standard InChI is InChI=1S/C15H20N2O/c1-5-17-10-14(9-16-17)13-6-12(11(2)3)7-15(8-13)18-4/h6-11H,5H2,1-4H3. The first-order valence-electron chi connectivity index (χ1n) is 6.35. The van der Waals surface area contributed by atoms with Gasteiger partial charge in [0.1, 0.15) is 5.75 Å². The van der Waals surface area contributed by atoms with E-state index in [2.05, 4.69) is 50.3 Å². The molecule has 0 radical (unpaired) electrons. The van der Waals surface area contributed by atoms with E-state index >= 15 is 0 Å². The van der Waals surface area contributed by atoms with Crippen LogP contribution in [0.5, 0.6) is 5.75 Å². The molecule has 0 aliphatic heterocycles. The van der Waals surface area contributed by atoms with E-state index in [-0.39, 0.29) is 0 Å². The fourth-order valence-electron chi connectivity index (χ4n) is 1.93. The SMILES string of the molecule is CCn1cc(-c2cc(OC)cc(C(C)C)c2)cn1. The molecule has 0 atom stereocenters. The molecule has 0 bridgehead atoms. The summed E-state index contributed by atoms with van der Waals surface area (Å²) >= 11 is 0. The molecule has 3 nitrogen and oxygen atoms in total. The molecule has 2 aromatic rings. The molecule has 0 saturated carbocycles. The average molecular weight is 244 g/mol. The molecule has 0 saturated heterocycles. The van der Waals surface area contributed by atoms with Gasteiger partial charge in [0.05, 0.1) is 13.3 Å². The van der Waals surface area contributed by atoms with E-state index in [1.54, 1.807) is 7.11 Å². The van der Waals surface area contributed by atoms with Crippen molar-refractivity contribution < 1.29 is 4.74 Å². The highest BCUT2D eigenvalue weighted by atomic mass is 16.5. The van der Waals surface area contributed by atoms with E-state index in [0.717, 1.165) is 23.4 Å². The minimum atomic E-state index is 0.486. The van der Waals surface area contributed by atoms with Gasteiger partial charge in [-0.3, -0.25) is 4.68 Å². The fourth-order valence-corrected chi connectivity index (χ4v) is 1.93. The van der Waals surface area contributed by atoms with Crippen molar-refractivity contribution in [3.8, 4) is 16.9 Å². The molecule has 3 heteroatoms. The van der Waals surface area contributed by atoms with Gasteiger partial charge in [-0.1, -0.05) is 19.9 Å². The summed E-state index contributed by atoms with van der Waals surface area (Å²) in [4.78, 5) is 0. The fraction of sp³-hybridized carbons (Fsp3) is 0.400. The summed E-state index contributed by atoms with van der Waals surface area (Å²) in [6, 6.07) is 6.37. The normalized spacial score (nSPS) is 10.9. The van der Waals surface area contributed by atoms with E-state index in [1.807, 2.05) is 10.9 Å². The van der Waals surface area contributed by atoms with Gasteiger partial charge in [-0.15, -0.1) is 0 Å². The molecule has 1 heterocycles. The Kier molecular flexibility index (Phi) is 3.70. The number of nitrogens with zero attached hydrogens (tertiary/aromatic N) is 2. The molecule has 0 aliphatic rings. The molecule has 0 spiro atoms. The molecule has 96 valence electrons. The molecular formula is C15H20N2O. The van der Waals surface area contributed by atoms with Crippen molar-refractivity contribution in [1.82, 2.24) is 9.78 Å². The monoisotopic (exact) mass is 244 g/mol. The average Bonchev–Trinajstić information content (AvgIpc) is 2.86. The molecule has 2 rings (SSSR count). The van der Waals surface area contributed by atoms with E-state index in [1.165, 1.54) is 5.56 Å². The smallest absolute Gasteiger partial charge is 0.119 e. The maximum atomic E-state index is 5.37. The molecule has 0 aliphatic carbocycles. The lowest BCUT2D eigenvalue weighted by atomic mass is 9.98. The summed E-state index contributed by atoms with van der Waals surface area (Å²) in [5, 5.41) is 4.32. The summed E-state index contributed by atoms with van der Waals surface area (Å²) in [5.74, 6) is 1.39. The minimum Gasteiger partial charge on any atom is -0.497 e. The van der Waals surface area contributed by atoms with Crippen LogP contribution >= 0.6 is 0 Å². The summed E-state index contributed by atoms with van der Waals surface area (Å²) in [7, 11) is 1.71. The van der Waals surface area contributed by atoms with Crippen LogP contribution in [0.15, 0.2) is 30.6 Å². The second-order valence-electron chi connectivity index (χ2n) is 4.73. The minimum absolute atomic E-state index is 0.486. The van der Waals surface area contributed by atoms with Crippen molar-refractivity contribution in [3.63, 3.8) is 0 Å². The number of ether oxygens (including phenoxy) is 1. The Hall–Kier alpha value is -1.77. The largest absolute Gasteiger partial charge is 0.497 e. The molecule has 18 heavy (non-hydrogen) atoms. The number of aromatic nitrogens is 2. The van der Waals surface area contributed by atoms with Gasteiger partial charge in [0.2, 0.25) is 0 Å². The van der Waals surface area contributed by atoms with Crippen LogP contribution < -0.4 is 4.74 Å². The molecule has 0 amide bonds. The Balaban J connectivity index is 2.45. The van der Waals surface area contributed by atoms with Gasteiger partial charge >= 0.3 is 0 Å². The lowest BCUT2D eigenvalue weighted by molar-refractivity contribution is 0.414. The number of rotatable bonds is 4. The summed E-state index contributed by atoms with van der Waals surface area (Å²) < 4.78 is 7.31. The second-order valence-corrected chi connectivity index (χ2v) is 4.73. The lowest BCUT2D eigenvalue weighted by Crippen LogP contribution is -1.93. The number of hydrogen-bond donors (Lipinski definition) is 0. The number of hydrogen-bond acceptors (Lipinski definition) is 2. The van der Waals surface area contributed by atoms with Crippen molar-refractivity contribution in [2.24, 2.45) is 0 Å². The predicted molar refractivity (Wildman–Crippen MR) is 74.0 cm³/mol. The van der Waals surface area contributed by atoms with Crippen LogP contribution in [0.3, 0.4) is 0 Å². The van der Waals surface area contributed by atoms with Crippen molar-refractivity contribution in [2.45, 2.75) is 33.2 Å². The van der Waals surface area contributed by atoms with Crippen LogP contribution in [-0.2, 0) is 6.54 Å². The summed E-state index contributed by atoms with van der Waals surface area (Å²) in [6.45, 7) is 7.35. The molecular weight excluding hydrogens is 224 g/mol. The van der Waals surface area contributed by atoms with Gasteiger partial charge in [0.25, 0.3) is 0 Å². The number of aryl methyl sites for hydroxylation is 1. The van der Waals surface area contributed by atoms with Crippen LogP contribution in [-0.4, -0.2) is 16.9 Å². The van der Waals surface area contributed by atoms with Gasteiger partial charge in [0.15, 0.2) is 0 Å². The van der Waals surface area contributed by atoms with E-state index in [0.29, 0.717) is 5.92 Å². The van der Waals surface area contributed by atoms with Crippen molar-refractivity contribution in [3.05, 3.63) is 36.2 Å².